The Morgan fingerprint density at radius 3 is 2.75 bits per heavy atom. The van der Waals surface area contributed by atoms with Crippen LogP contribution in [0.25, 0.3) is 0 Å². The van der Waals surface area contributed by atoms with Gasteiger partial charge in [0.15, 0.2) is 0 Å². The van der Waals surface area contributed by atoms with Crippen LogP contribution in [0.5, 0.6) is 5.75 Å². The zero-order valence-electron chi connectivity index (χ0n) is 10.7. The number of hydrogen-bond donors (Lipinski definition) is 1. The van der Waals surface area contributed by atoms with E-state index < -0.39 is 18.6 Å². The van der Waals surface area contributed by atoms with Crippen LogP contribution in [0.3, 0.4) is 0 Å². The molecule has 1 N–H and O–H groups in total. The van der Waals surface area contributed by atoms with Gasteiger partial charge >= 0.3 is 12.6 Å². The molecule has 0 radical (unpaired) electrons. The van der Waals surface area contributed by atoms with Crippen molar-refractivity contribution in [1.82, 2.24) is 4.90 Å². The monoisotopic (exact) mass is 287 g/mol. The molecule has 2 rings (SSSR count). The zero-order chi connectivity index (χ0) is 14.5. The van der Waals surface area contributed by atoms with E-state index in [-0.39, 0.29) is 12.4 Å². The third-order valence-electron chi connectivity index (χ3n) is 3.06. The van der Waals surface area contributed by atoms with Crippen LogP contribution in [0.15, 0.2) is 24.3 Å². The minimum absolute atomic E-state index is 0.0838. The molecule has 110 valence electrons. The van der Waals surface area contributed by atoms with Crippen molar-refractivity contribution in [2.24, 2.45) is 0 Å². The molecule has 0 aliphatic carbocycles. The molecule has 1 aliphatic heterocycles. The Balaban J connectivity index is 1.99. The summed E-state index contributed by atoms with van der Waals surface area (Å²) >= 11 is 0. The average molecular weight is 287 g/mol. The molecule has 1 fully saturated rings. The molecule has 7 heteroatoms. The molecule has 20 heavy (non-hydrogen) atoms. The molecule has 1 heterocycles. The molecule has 5 nitrogen and oxygen atoms in total. The van der Waals surface area contributed by atoms with Gasteiger partial charge < -0.3 is 14.6 Å². The quantitative estimate of drug-likeness (QED) is 0.891. The number of nitrogens with zero attached hydrogens (tertiary/aromatic N) is 1. The van der Waals surface area contributed by atoms with E-state index in [1.165, 1.54) is 12.1 Å². The van der Waals surface area contributed by atoms with Crippen LogP contribution in [-0.4, -0.2) is 48.4 Å². The SMILES string of the molecule is O=C(O)C1COCCN1Cc1ccc(OC(F)F)cc1. The van der Waals surface area contributed by atoms with Gasteiger partial charge in [0.2, 0.25) is 0 Å². The van der Waals surface area contributed by atoms with Crippen LogP contribution < -0.4 is 4.74 Å². The van der Waals surface area contributed by atoms with Crippen LogP contribution >= 0.6 is 0 Å². The molecule has 0 amide bonds. The topological polar surface area (TPSA) is 59.0 Å². The number of carboxylic acid groups (broad SMARTS) is 1. The van der Waals surface area contributed by atoms with Crippen molar-refractivity contribution in [3.63, 3.8) is 0 Å². The van der Waals surface area contributed by atoms with E-state index in [1.807, 2.05) is 0 Å². The summed E-state index contributed by atoms with van der Waals surface area (Å²) in [6.45, 7) is -1.27. The fourth-order valence-electron chi connectivity index (χ4n) is 2.07. The predicted molar refractivity (Wildman–Crippen MR) is 65.7 cm³/mol. The predicted octanol–water partition coefficient (Wildman–Crippen LogP) is 1.57. The van der Waals surface area contributed by atoms with Gasteiger partial charge in [0.25, 0.3) is 0 Å². The first kappa shape index (κ1) is 14.7. The minimum atomic E-state index is -2.85. The van der Waals surface area contributed by atoms with Gasteiger partial charge in [-0.2, -0.15) is 8.78 Å². The molecule has 1 unspecified atom stereocenters. The number of alkyl halides is 2. The summed E-state index contributed by atoms with van der Waals surface area (Å²) in [6, 6.07) is 5.49. The van der Waals surface area contributed by atoms with E-state index >= 15 is 0 Å². The summed E-state index contributed by atoms with van der Waals surface area (Å²) in [5.74, 6) is -0.845. The van der Waals surface area contributed by atoms with Gasteiger partial charge in [0, 0.05) is 13.1 Å². The highest BCUT2D eigenvalue weighted by molar-refractivity contribution is 5.73. The van der Waals surface area contributed by atoms with E-state index in [0.717, 1.165) is 5.56 Å². The molecule has 0 bridgehead atoms. The van der Waals surface area contributed by atoms with Crippen LogP contribution in [0.1, 0.15) is 5.56 Å². The van der Waals surface area contributed by atoms with Gasteiger partial charge in [0.1, 0.15) is 11.8 Å². The Morgan fingerprint density at radius 1 is 1.45 bits per heavy atom. The third kappa shape index (κ3) is 3.88. The van der Waals surface area contributed by atoms with Gasteiger partial charge in [0.05, 0.1) is 13.2 Å². The summed E-state index contributed by atoms with van der Waals surface area (Å²) in [7, 11) is 0. The Kier molecular flexibility index (Phi) is 4.86. The van der Waals surface area contributed by atoms with Gasteiger partial charge in [-0.25, -0.2) is 0 Å². The lowest BCUT2D eigenvalue weighted by Gasteiger charge is -2.32. The maximum Gasteiger partial charge on any atom is 0.387 e. The van der Waals surface area contributed by atoms with E-state index in [9.17, 15) is 13.6 Å². The molecular weight excluding hydrogens is 272 g/mol. The molecule has 1 atom stereocenters. The van der Waals surface area contributed by atoms with Crippen molar-refractivity contribution in [2.45, 2.75) is 19.2 Å². The number of rotatable bonds is 5. The molecule has 0 aromatic heterocycles. The number of ether oxygens (including phenoxy) is 2. The second kappa shape index (κ2) is 6.62. The fraction of sp³-hybridized carbons (Fsp3) is 0.462. The fourth-order valence-corrected chi connectivity index (χ4v) is 2.07. The molecule has 1 aromatic carbocycles. The van der Waals surface area contributed by atoms with E-state index in [1.54, 1.807) is 17.0 Å². The lowest BCUT2D eigenvalue weighted by molar-refractivity contribution is -0.150. The summed E-state index contributed by atoms with van der Waals surface area (Å²) in [5.41, 5.74) is 0.833. The van der Waals surface area contributed by atoms with Gasteiger partial charge in [-0.1, -0.05) is 12.1 Å². The normalized spacial score (nSPS) is 20.1. The van der Waals surface area contributed by atoms with E-state index in [4.69, 9.17) is 9.84 Å². The first-order valence-electron chi connectivity index (χ1n) is 6.14. The van der Waals surface area contributed by atoms with Gasteiger partial charge in [-0.15, -0.1) is 0 Å². The molecule has 1 saturated heterocycles. The molecule has 0 saturated carbocycles. The van der Waals surface area contributed by atoms with Crippen LogP contribution in [-0.2, 0) is 16.1 Å². The van der Waals surface area contributed by atoms with Crippen LogP contribution in [0.2, 0.25) is 0 Å². The summed E-state index contributed by atoms with van der Waals surface area (Å²) in [4.78, 5) is 12.9. The van der Waals surface area contributed by atoms with Crippen LogP contribution in [0, 0.1) is 0 Å². The van der Waals surface area contributed by atoms with E-state index in [0.29, 0.717) is 19.7 Å². The minimum Gasteiger partial charge on any atom is -0.480 e. The van der Waals surface area contributed by atoms with Gasteiger partial charge in [-0.3, -0.25) is 9.69 Å². The van der Waals surface area contributed by atoms with Crippen molar-refractivity contribution in [3.8, 4) is 5.75 Å². The Bertz CT molecular complexity index is 452. The number of benzene rings is 1. The molecule has 1 aliphatic rings. The van der Waals surface area contributed by atoms with Crippen molar-refractivity contribution in [1.29, 1.82) is 0 Å². The van der Waals surface area contributed by atoms with Crippen LogP contribution in [0.4, 0.5) is 8.78 Å². The average Bonchev–Trinajstić information content (AvgIpc) is 2.41. The number of carboxylic acids is 1. The molecular formula is C13H15F2NO4. The zero-order valence-corrected chi connectivity index (χ0v) is 10.7. The lowest BCUT2D eigenvalue weighted by Crippen LogP contribution is -2.49. The number of morpholine rings is 1. The lowest BCUT2D eigenvalue weighted by atomic mass is 10.1. The summed E-state index contributed by atoms with van der Waals surface area (Å²) in [5, 5.41) is 9.10. The maximum atomic E-state index is 12.0. The highest BCUT2D eigenvalue weighted by atomic mass is 19.3. The third-order valence-corrected chi connectivity index (χ3v) is 3.06. The standard InChI is InChI=1S/C13H15F2NO4/c14-13(15)20-10-3-1-9(2-4-10)7-16-5-6-19-8-11(16)12(17)18/h1-4,11,13H,5-8H2,(H,17,18). The van der Waals surface area contributed by atoms with E-state index in [2.05, 4.69) is 4.74 Å². The van der Waals surface area contributed by atoms with Crippen molar-refractivity contribution >= 4 is 5.97 Å². The van der Waals surface area contributed by atoms with Crippen molar-refractivity contribution < 1.29 is 28.2 Å². The number of hydrogen-bond acceptors (Lipinski definition) is 4. The largest absolute Gasteiger partial charge is 0.480 e. The van der Waals surface area contributed by atoms with Crippen molar-refractivity contribution in [2.75, 3.05) is 19.8 Å². The highest BCUT2D eigenvalue weighted by Gasteiger charge is 2.28. The Morgan fingerprint density at radius 2 is 2.15 bits per heavy atom. The first-order chi connectivity index (χ1) is 9.56. The second-order valence-electron chi connectivity index (χ2n) is 4.42. The number of carbonyl (C=O) groups is 1. The molecule has 1 aromatic rings. The number of halogens is 2. The smallest absolute Gasteiger partial charge is 0.387 e. The summed E-state index contributed by atoms with van der Waals surface area (Å²) < 4.78 is 33.5. The summed E-state index contributed by atoms with van der Waals surface area (Å²) in [6.07, 6.45) is 0. The van der Waals surface area contributed by atoms with Gasteiger partial charge in [-0.05, 0) is 17.7 Å². The Hall–Kier alpha value is -1.73. The highest BCUT2D eigenvalue weighted by Crippen LogP contribution is 2.18. The van der Waals surface area contributed by atoms with Crippen molar-refractivity contribution in [3.05, 3.63) is 29.8 Å². The second-order valence-corrected chi connectivity index (χ2v) is 4.42. The molecule has 0 spiro atoms. The maximum absolute atomic E-state index is 12.0. The first-order valence-corrected chi connectivity index (χ1v) is 6.14. The number of aliphatic carboxylic acids is 1. The Labute approximate surface area is 114 Å².